The van der Waals surface area contributed by atoms with Gasteiger partial charge in [0, 0.05) is 6.07 Å². The molecule has 1 aromatic heterocycles. The van der Waals surface area contributed by atoms with Crippen LogP contribution < -0.4 is 4.74 Å². The van der Waals surface area contributed by atoms with Gasteiger partial charge in [0.2, 0.25) is 0 Å². The second-order valence-electron chi connectivity index (χ2n) is 3.04. The average molecular weight is 266 g/mol. The summed E-state index contributed by atoms with van der Waals surface area (Å²) in [4.78, 5) is 0. The van der Waals surface area contributed by atoms with E-state index in [0.717, 1.165) is 0 Å². The minimum absolute atomic E-state index is 0.133. The van der Waals surface area contributed by atoms with Gasteiger partial charge >= 0.3 is 0 Å². The molecule has 1 aromatic carbocycles. The zero-order valence-electron chi connectivity index (χ0n) is 8.39. The molecule has 0 amide bonds. The molecule has 17 heavy (non-hydrogen) atoms. The van der Waals surface area contributed by atoms with Crippen LogP contribution in [0.4, 0.5) is 0 Å². The summed E-state index contributed by atoms with van der Waals surface area (Å²) in [5.41, 5.74) is 0.297. The molecule has 0 fully saturated rings. The molecule has 0 bridgehead atoms. The topological polar surface area (TPSA) is 58.8 Å². The standard InChI is InChI=1S/C11H5Cl2N3O/c12-9-2-1-8(5-10(9)13)17-11-7(6-14)3-4-15-16-11/h1-5H. The summed E-state index contributed by atoms with van der Waals surface area (Å²) in [7, 11) is 0. The Hall–Kier alpha value is -1.83. The van der Waals surface area contributed by atoms with Crippen LogP contribution in [0.2, 0.25) is 10.0 Å². The fraction of sp³-hybridized carbons (Fsp3) is 0. The summed E-state index contributed by atoms with van der Waals surface area (Å²) in [6.07, 6.45) is 1.42. The van der Waals surface area contributed by atoms with Crippen LogP contribution in [0.5, 0.6) is 11.6 Å². The molecule has 0 aliphatic heterocycles. The van der Waals surface area contributed by atoms with E-state index in [2.05, 4.69) is 10.2 Å². The number of nitriles is 1. The van der Waals surface area contributed by atoms with Gasteiger partial charge in [-0.1, -0.05) is 23.2 Å². The zero-order chi connectivity index (χ0) is 12.3. The molecule has 1 heterocycles. The number of aromatic nitrogens is 2. The fourth-order valence-corrected chi connectivity index (χ4v) is 1.42. The third-order valence-corrected chi connectivity index (χ3v) is 2.65. The van der Waals surface area contributed by atoms with Crippen molar-refractivity contribution >= 4 is 23.2 Å². The number of rotatable bonds is 2. The van der Waals surface area contributed by atoms with Gasteiger partial charge in [0.1, 0.15) is 17.4 Å². The lowest BCUT2D eigenvalue weighted by Gasteiger charge is -2.05. The molecule has 2 rings (SSSR count). The summed E-state index contributed by atoms with van der Waals surface area (Å²) in [5, 5.41) is 17.0. The van der Waals surface area contributed by atoms with Gasteiger partial charge in [-0.15, -0.1) is 5.10 Å². The Balaban J connectivity index is 2.32. The van der Waals surface area contributed by atoms with Gasteiger partial charge in [-0.05, 0) is 18.2 Å². The minimum atomic E-state index is 0.133. The Morgan fingerprint density at radius 3 is 2.71 bits per heavy atom. The Bertz CT molecular complexity index is 596. The largest absolute Gasteiger partial charge is 0.437 e. The summed E-state index contributed by atoms with van der Waals surface area (Å²) >= 11 is 11.6. The van der Waals surface area contributed by atoms with E-state index in [4.69, 9.17) is 33.2 Å². The number of ether oxygens (including phenoxy) is 1. The fourth-order valence-electron chi connectivity index (χ4n) is 1.13. The quantitative estimate of drug-likeness (QED) is 0.835. The molecule has 0 saturated heterocycles. The number of nitrogens with zero attached hydrogens (tertiary/aromatic N) is 3. The highest BCUT2D eigenvalue weighted by Gasteiger charge is 2.07. The van der Waals surface area contributed by atoms with Gasteiger partial charge < -0.3 is 4.74 Å². The van der Waals surface area contributed by atoms with Crippen molar-refractivity contribution in [1.29, 1.82) is 5.26 Å². The number of halogens is 2. The second-order valence-corrected chi connectivity index (χ2v) is 3.85. The molecule has 0 spiro atoms. The van der Waals surface area contributed by atoms with E-state index in [9.17, 15) is 0 Å². The maximum atomic E-state index is 8.85. The second kappa shape index (κ2) is 5.00. The summed E-state index contributed by atoms with van der Waals surface area (Å²) in [6, 6.07) is 8.24. The molecule has 2 aromatic rings. The zero-order valence-corrected chi connectivity index (χ0v) is 9.90. The van der Waals surface area contributed by atoms with Crippen LogP contribution in [0.1, 0.15) is 5.56 Å². The summed E-state index contributed by atoms with van der Waals surface area (Å²) < 4.78 is 5.40. The Labute approximate surface area is 107 Å². The van der Waals surface area contributed by atoms with Crippen molar-refractivity contribution in [3.63, 3.8) is 0 Å². The summed E-state index contributed by atoms with van der Waals surface area (Å²) in [5.74, 6) is 0.574. The van der Waals surface area contributed by atoms with E-state index in [0.29, 0.717) is 21.4 Å². The number of hydrogen-bond acceptors (Lipinski definition) is 4. The number of hydrogen-bond donors (Lipinski definition) is 0. The van der Waals surface area contributed by atoms with Crippen LogP contribution in [0, 0.1) is 11.3 Å². The number of benzene rings is 1. The van der Waals surface area contributed by atoms with Crippen LogP contribution in [0.3, 0.4) is 0 Å². The first kappa shape index (κ1) is 11.6. The first-order valence-corrected chi connectivity index (χ1v) is 5.31. The van der Waals surface area contributed by atoms with Crippen LogP contribution in [-0.2, 0) is 0 Å². The third-order valence-electron chi connectivity index (χ3n) is 1.91. The third kappa shape index (κ3) is 2.64. The van der Waals surface area contributed by atoms with E-state index >= 15 is 0 Å². The van der Waals surface area contributed by atoms with E-state index in [1.54, 1.807) is 18.2 Å². The van der Waals surface area contributed by atoms with Gasteiger partial charge in [-0.25, -0.2) is 0 Å². The molecular weight excluding hydrogens is 261 g/mol. The lowest BCUT2D eigenvalue weighted by molar-refractivity contribution is 0.453. The molecule has 0 aliphatic rings. The first-order chi connectivity index (χ1) is 8.20. The van der Waals surface area contributed by atoms with Crippen LogP contribution in [-0.4, -0.2) is 10.2 Å². The maximum Gasteiger partial charge on any atom is 0.256 e. The Morgan fingerprint density at radius 2 is 2.00 bits per heavy atom. The highest BCUT2D eigenvalue weighted by atomic mass is 35.5. The van der Waals surface area contributed by atoms with Crippen molar-refractivity contribution in [2.24, 2.45) is 0 Å². The Morgan fingerprint density at radius 1 is 1.18 bits per heavy atom. The summed E-state index contributed by atoms with van der Waals surface area (Å²) in [6.45, 7) is 0. The molecule has 0 saturated carbocycles. The normalized spacial score (nSPS) is 9.71. The van der Waals surface area contributed by atoms with Gasteiger partial charge in [0.15, 0.2) is 0 Å². The van der Waals surface area contributed by atoms with Gasteiger partial charge in [-0.3, -0.25) is 0 Å². The highest BCUT2D eigenvalue weighted by molar-refractivity contribution is 6.42. The monoisotopic (exact) mass is 265 g/mol. The van der Waals surface area contributed by atoms with E-state index in [-0.39, 0.29) is 5.88 Å². The van der Waals surface area contributed by atoms with Gasteiger partial charge in [-0.2, -0.15) is 10.4 Å². The van der Waals surface area contributed by atoms with Crippen molar-refractivity contribution in [1.82, 2.24) is 10.2 Å². The first-order valence-electron chi connectivity index (χ1n) is 4.55. The van der Waals surface area contributed by atoms with Gasteiger partial charge in [0.05, 0.1) is 16.2 Å². The van der Waals surface area contributed by atoms with E-state index in [1.807, 2.05) is 6.07 Å². The smallest absolute Gasteiger partial charge is 0.256 e. The Kier molecular flexibility index (Phi) is 3.43. The maximum absolute atomic E-state index is 8.85. The molecule has 0 N–H and O–H groups in total. The van der Waals surface area contributed by atoms with Crippen molar-refractivity contribution in [3.8, 4) is 17.7 Å². The van der Waals surface area contributed by atoms with Crippen LogP contribution in [0.25, 0.3) is 0 Å². The minimum Gasteiger partial charge on any atom is -0.437 e. The van der Waals surface area contributed by atoms with Crippen molar-refractivity contribution in [2.45, 2.75) is 0 Å². The van der Waals surface area contributed by atoms with Crippen molar-refractivity contribution < 1.29 is 4.74 Å². The van der Waals surface area contributed by atoms with E-state index < -0.39 is 0 Å². The predicted molar refractivity (Wildman–Crippen MR) is 63.3 cm³/mol. The van der Waals surface area contributed by atoms with E-state index in [1.165, 1.54) is 12.3 Å². The molecule has 6 heteroatoms. The highest BCUT2D eigenvalue weighted by Crippen LogP contribution is 2.29. The molecule has 0 aliphatic carbocycles. The van der Waals surface area contributed by atoms with Crippen LogP contribution >= 0.6 is 23.2 Å². The molecule has 4 nitrogen and oxygen atoms in total. The molecular formula is C11H5Cl2N3O. The molecule has 0 atom stereocenters. The van der Waals surface area contributed by atoms with Crippen LogP contribution in [0.15, 0.2) is 30.5 Å². The predicted octanol–water partition coefficient (Wildman–Crippen LogP) is 3.45. The molecule has 0 radical (unpaired) electrons. The SMILES string of the molecule is N#Cc1ccnnc1Oc1ccc(Cl)c(Cl)c1. The van der Waals surface area contributed by atoms with Crippen molar-refractivity contribution in [2.75, 3.05) is 0 Å². The molecule has 0 unspecified atom stereocenters. The van der Waals surface area contributed by atoms with Gasteiger partial charge in [0.25, 0.3) is 5.88 Å². The van der Waals surface area contributed by atoms with Crippen molar-refractivity contribution in [3.05, 3.63) is 46.1 Å². The lowest BCUT2D eigenvalue weighted by Crippen LogP contribution is -1.93. The lowest BCUT2D eigenvalue weighted by atomic mass is 10.3. The average Bonchev–Trinajstić information content (AvgIpc) is 2.34. The molecule has 84 valence electrons.